The topological polar surface area (TPSA) is 95.6 Å². The van der Waals surface area contributed by atoms with Crippen LogP contribution in [-0.4, -0.2) is 57.0 Å². The first-order valence-corrected chi connectivity index (χ1v) is 10.2. The van der Waals surface area contributed by atoms with Crippen LogP contribution in [0.1, 0.15) is 38.5 Å². The molecule has 2 rings (SSSR count). The summed E-state index contributed by atoms with van der Waals surface area (Å²) in [5.74, 6) is 0.310. The van der Waals surface area contributed by atoms with Crippen LogP contribution in [0.25, 0.3) is 0 Å². The van der Waals surface area contributed by atoms with Gasteiger partial charge in [0.05, 0.1) is 6.26 Å². The molecule has 1 heterocycles. The van der Waals surface area contributed by atoms with Gasteiger partial charge in [-0.1, -0.05) is 0 Å². The lowest BCUT2D eigenvalue weighted by atomic mass is 9.98. The van der Waals surface area contributed by atoms with Crippen LogP contribution in [0.15, 0.2) is 0 Å². The molecular formula is C15H27N3O4S. The van der Waals surface area contributed by atoms with E-state index in [1.807, 2.05) is 0 Å². The molecule has 2 fully saturated rings. The molecule has 132 valence electrons. The first kappa shape index (κ1) is 18.2. The molecule has 2 aliphatic rings. The molecule has 1 atom stereocenters. The van der Waals surface area contributed by atoms with Crippen molar-refractivity contribution in [3.63, 3.8) is 0 Å². The van der Waals surface area contributed by atoms with Crippen LogP contribution in [0.3, 0.4) is 0 Å². The zero-order chi connectivity index (χ0) is 16.9. The van der Waals surface area contributed by atoms with E-state index in [0.717, 1.165) is 12.8 Å². The fraction of sp³-hybridized carbons (Fsp3) is 0.867. The van der Waals surface area contributed by atoms with E-state index in [4.69, 9.17) is 0 Å². The molecule has 0 aromatic heterocycles. The molecule has 0 aromatic rings. The monoisotopic (exact) mass is 345 g/mol. The minimum Gasteiger partial charge on any atom is -0.356 e. The Labute approximate surface area is 138 Å². The molecule has 1 saturated heterocycles. The van der Waals surface area contributed by atoms with E-state index in [0.29, 0.717) is 38.3 Å². The molecule has 0 bridgehead atoms. The normalized spacial score (nSPS) is 25.3. The number of amides is 2. The fourth-order valence-electron chi connectivity index (χ4n) is 2.78. The van der Waals surface area contributed by atoms with Gasteiger partial charge in [-0.2, -0.15) is 0 Å². The van der Waals surface area contributed by atoms with Crippen molar-refractivity contribution in [1.82, 2.24) is 14.9 Å². The summed E-state index contributed by atoms with van der Waals surface area (Å²) in [6.07, 6.45) is 5.55. The number of nitrogens with zero attached hydrogens (tertiary/aromatic N) is 1. The Kier molecular flexibility index (Phi) is 6.41. The van der Waals surface area contributed by atoms with E-state index in [2.05, 4.69) is 10.6 Å². The summed E-state index contributed by atoms with van der Waals surface area (Å²) in [4.78, 5) is 24.0. The lowest BCUT2D eigenvalue weighted by molar-refractivity contribution is -0.126. The highest BCUT2D eigenvalue weighted by Crippen LogP contribution is 2.27. The van der Waals surface area contributed by atoms with Gasteiger partial charge in [0.15, 0.2) is 0 Å². The standard InChI is InChI=1S/C15H27N3O4S/c1-23(21,22)18-9-2-3-13(6-8-16-14(19)7-10-18)15(20)17-11-12-4-5-12/h12-13H,2-11H2,1H3,(H,16,19)(H,17,20). The molecule has 1 saturated carbocycles. The van der Waals surface area contributed by atoms with Gasteiger partial charge in [-0.15, -0.1) is 0 Å². The average molecular weight is 345 g/mol. The Morgan fingerprint density at radius 1 is 1.26 bits per heavy atom. The second-order valence-electron chi connectivity index (χ2n) is 6.58. The molecule has 0 radical (unpaired) electrons. The Morgan fingerprint density at radius 3 is 2.65 bits per heavy atom. The van der Waals surface area contributed by atoms with Crippen molar-refractivity contribution in [3.05, 3.63) is 0 Å². The van der Waals surface area contributed by atoms with Crippen molar-refractivity contribution >= 4 is 21.8 Å². The molecular weight excluding hydrogens is 318 g/mol. The molecule has 0 aromatic carbocycles. The molecule has 1 aliphatic heterocycles. The molecule has 2 N–H and O–H groups in total. The molecule has 23 heavy (non-hydrogen) atoms. The Bertz CT molecular complexity index is 531. The molecule has 1 unspecified atom stereocenters. The van der Waals surface area contributed by atoms with Crippen molar-refractivity contribution in [2.75, 3.05) is 32.4 Å². The number of sulfonamides is 1. The predicted molar refractivity (Wildman–Crippen MR) is 87.1 cm³/mol. The second-order valence-corrected chi connectivity index (χ2v) is 8.56. The summed E-state index contributed by atoms with van der Waals surface area (Å²) in [6, 6.07) is 0. The highest BCUT2D eigenvalue weighted by Gasteiger charge is 2.25. The summed E-state index contributed by atoms with van der Waals surface area (Å²) in [5, 5.41) is 5.76. The molecule has 1 aliphatic carbocycles. The van der Waals surface area contributed by atoms with Gasteiger partial charge in [0, 0.05) is 38.5 Å². The van der Waals surface area contributed by atoms with Crippen LogP contribution >= 0.6 is 0 Å². The van der Waals surface area contributed by atoms with E-state index in [9.17, 15) is 18.0 Å². The quantitative estimate of drug-likeness (QED) is 0.754. The van der Waals surface area contributed by atoms with Crippen molar-refractivity contribution < 1.29 is 18.0 Å². The molecule has 0 spiro atoms. The average Bonchev–Trinajstić information content (AvgIpc) is 3.28. The van der Waals surface area contributed by atoms with Crippen LogP contribution in [-0.2, 0) is 19.6 Å². The Balaban J connectivity index is 1.93. The zero-order valence-electron chi connectivity index (χ0n) is 13.7. The van der Waals surface area contributed by atoms with E-state index in [1.165, 1.54) is 17.1 Å². The number of carbonyl (C=O) groups excluding carboxylic acids is 2. The fourth-order valence-corrected chi connectivity index (χ4v) is 3.66. The first-order chi connectivity index (χ1) is 10.9. The lowest BCUT2D eigenvalue weighted by Crippen LogP contribution is -2.35. The molecule has 8 heteroatoms. The predicted octanol–water partition coefficient (Wildman–Crippen LogP) is 0.0806. The van der Waals surface area contributed by atoms with E-state index < -0.39 is 10.0 Å². The van der Waals surface area contributed by atoms with E-state index in [1.54, 1.807) is 0 Å². The van der Waals surface area contributed by atoms with Gasteiger partial charge in [-0.05, 0) is 38.0 Å². The number of hydrogen-bond acceptors (Lipinski definition) is 4. The summed E-state index contributed by atoms with van der Waals surface area (Å²) >= 11 is 0. The van der Waals surface area contributed by atoms with Crippen LogP contribution in [0.5, 0.6) is 0 Å². The van der Waals surface area contributed by atoms with Crippen molar-refractivity contribution in [3.8, 4) is 0 Å². The van der Waals surface area contributed by atoms with Gasteiger partial charge >= 0.3 is 0 Å². The minimum absolute atomic E-state index is 0.0244. The van der Waals surface area contributed by atoms with Gasteiger partial charge in [-0.3, -0.25) is 9.59 Å². The number of rotatable bonds is 4. The van der Waals surface area contributed by atoms with Gasteiger partial charge < -0.3 is 10.6 Å². The van der Waals surface area contributed by atoms with Crippen molar-refractivity contribution in [2.24, 2.45) is 11.8 Å². The summed E-state index contributed by atoms with van der Waals surface area (Å²) < 4.78 is 24.8. The number of carbonyl (C=O) groups is 2. The van der Waals surface area contributed by atoms with Crippen LogP contribution < -0.4 is 10.6 Å². The third kappa shape index (κ3) is 6.47. The minimum atomic E-state index is -3.33. The maximum Gasteiger partial charge on any atom is 0.223 e. The summed E-state index contributed by atoms with van der Waals surface area (Å²) in [6.45, 7) is 1.75. The van der Waals surface area contributed by atoms with Crippen LogP contribution in [0.2, 0.25) is 0 Å². The van der Waals surface area contributed by atoms with Crippen LogP contribution in [0.4, 0.5) is 0 Å². The lowest BCUT2D eigenvalue weighted by Gasteiger charge is -2.20. The first-order valence-electron chi connectivity index (χ1n) is 8.36. The maximum absolute atomic E-state index is 12.3. The highest BCUT2D eigenvalue weighted by molar-refractivity contribution is 7.88. The van der Waals surface area contributed by atoms with Crippen LogP contribution in [0, 0.1) is 11.8 Å². The van der Waals surface area contributed by atoms with E-state index in [-0.39, 0.29) is 30.7 Å². The number of nitrogens with one attached hydrogen (secondary N) is 2. The maximum atomic E-state index is 12.3. The number of hydrogen-bond donors (Lipinski definition) is 2. The molecule has 2 amide bonds. The summed E-state index contributed by atoms with van der Waals surface area (Å²) in [5.41, 5.74) is 0. The van der Waals surface area contributed by atoms with Gasteiger partial charge in [0.2, 0.25) is 21.8 Å². The van der Waals surface area contributed by atoms with Crippen molar-refractivity contribution in [1.29, 1.82) is 0 Å². The Morgan fingerprint density at radius 2 is 2.00 bits per heavy atom. The van der Waals surface area contributed by atoms with E-state index >= 15 is 0 Å². The van der Waals surface area contributed by atoms with Crippen molar-refractivity contribution in [2.45, 2.75) is 38.5 Å². The van der Waals surface area contributed by atoms with Gasteiger partial charge in [0.1, 0.15) is 0 Å². The second kappa shape index (κ2) is 8.10. The summed E-state index contributed by atoms with van der Waals surface area (Å²) in [7, 11) is -3.33. The Hall–Kier alpha value is -1.15. The SMILES string of the molecule is CS(=O)(=O)N1CCCC(C(=O)NCC2CC2)CCNC(=O)CC1. The largest absolute Gasteiger partial charge is 0.356 e. The highest BCUT2D eigenvalue weighted by atomic mass is 32.2. The van der Waals surface area contributed by atoms with Gasteiger partial charge in [0.25, 0.3) is 0 Å². The third-order valence-electron chi connectivity index (χ3n) is 4.47. The van der Waals surface area contributed by atoms with Gasteiger partial charge in [-0.25, -0.2) is 12.7 Å². The molecule has 7 nitrogen and oxygen atoms in total. The third-order valence-corrected chi connectivity index (χ3v) is 5.77. The zero-order valence-corrected chi connectivity index (χ0v) is 14.5. The smallest absolute Gasteiger partial charge is 0.223 e.